The van der Waals surface area contributed by atoms with Gasteiger partial charge in [-0.15, -0.1) is 0 Å². The first kappa shape index (κ1) is 15.1. The van der Waals surface area contributed by atoms with Crippen molar-refractivity contribution in [1.29, 1.82) is 0 Å². The topological polar surface area (TPSA) is 12.0 Å². The molecule has 106 valence electrons. The molecule has 0 bridgehead atoms. The molecule has 0 saturated carbocycles. The Morgan fingerprint density at radius 3 is 2.55 bits per heavy atom. The van der Waals surface area contributed by atoms with E-state index in [1.54, 1.807) is 0 Å². The summed E-state index contributed by atoms with van der Waals surface area (Å²) in [5.74, 6) is -0.840. The Hall–Kier alpha value is -1.26. The Balaban J connectivity index is 2.47. The largest absolute Gasteiger partial charge is 0.306 e. The fourth-order valence-electron chi connectivity index (χ4n) is 2.12. The van der Waals surface area contributed by atoms with Crippen molar-refractivity contribution in [2.45, 2.75) is 19.4 Å². The van der Waals surface area contributed by atoms with Gasteiger partial charge < -0.3 is 5.32 Å². The maximum Gasteiger partial charge on any atom is 0.128 e. The number of rotatable bonds is 5. The van der Waals surface area contributed by atoms with Gasteiger partial charge in [-0.05, 0) is 42.8 Å². The van der Waals surface area contributed by atoms with Crippen LogP contribution in [0.3, 0.4) is 0 Å². The molecule has 1 N–H and O–H groups in total. The highest BCUT2D eigenvalue weighted by molar-refractivity contribution is 9.10. The lowest BCUT2D eigenvalue weighted by molar-refractivity contribution is 0.534. The summed E-state index contributed by atoms with van der Waals surface area (Å²) in [5, 5.41) is 3.27. The summed E-state index contributed by atoms with van der Waals surface area (Å²) in [6.07, 6.45) is 0.915. The minimum absolute atomic E-state index is 0.324. The lowest BCUT2D eigenvalue weighted by Gasteiger charge is -2.21. The molecule has 0 spiro atoms. The van der Waals surface area contributed by atoms with Gasteiger partial charge in [0.15, 0.2) is 0 Å². The molecule has 4 heteroatoms. The maximum atomic E-state index is 14.0. The molecular weight excluding hydrogens is 324 g/mol. The molecule has 1 unspecified atom stereocenters. The fourth-order valence-corrected chi connectivity index (χ4v) is 2.63. The molecule has 0 aliphatic heterocycles. The zero-order valence-electron chi connectivity index (χ0n) is 11.2. The van der Waals surface area contributed by atoms with Crippen molar-refractivity contribution in [3.8, 4) is 0 Å². The van der Waals surface area contributed by atoms with Crippen LogP contribution in [0.25, 0.3) is 0 Å². The molecule has 0 heterocycles. The van der Waals surface area contributed by atoms with Crippen molar-refractivity contribution in [1.82, 2.24) is 5.32 Å². The lowest BCUT2D eigenvalue weighted by atomic mass is 9.98. The Bertz CT molecular complexity index is 586. The Morgan fingerprint density at radius 1 is 1.10 bits per heavy atom. The van der Waals surface area contributed by atoms with E-state index in [0.717, 1.165) is 29.1 Å². The number of hydrogen-bond donors (Lipinski definition) is 1. The molecule has 0 radical (unpaired) electrons. The van der Waals surface area contributed by atoms with Gasteiger partial charge in [-0.3, -0.25) is 0 Å². The van der Waals surface area contributed by atoms with Crippen LogP contribution in [0.15, 0.2) is 46.9 Å². The highest BCUT2D eigenvalue weighted by atomic mass is 79.9. The van der Waals surface area contributed by atoms with Gasteiger partial charge >= 0.3 is 0 Å². The summed E-state index contributed by atoms with van der Waals surface area (Å²) in [4.78, 5) is 0. The van der Waals surface area contributed by atoms with Crippen LogP contribution >= 0.6 is 15.9 Å². The third-order valence-electron chi connectivity index (χ3n) is 3.08. The van der Waals surface area contributed by atoms with Crippen LogP contribution in [0.5, 0.6) is 0 Å². The average Bonchev–Trinajstić information content (AvgIpc) is 2.44. The van der Waals surface area contributed by atoms with E-state index in [1.165, 1.54) is 12.1 Å². The molecule has 0 amide bonds. The van der Waals surface area contributed by atoms with Crippen LogP contribution in [-0.4, -0.2) is 6.54 Å². The van der Waals surface area contributed by atoms with Crippen LogP contribution < -0.4 is 5.32 Å². The summed E-state index contributed by atoms with van der Waals surface area (Å²) in [6.45, 7) is 2.76. The summed E-state index contributed by atoms with van der Waals surface area (Å²) < 4.78 is 28.4. The monoisotopic (exact) mass is 339 g/mol. The number of nitrogens with one attached hydrogen (secondary N) is 1. The van der Waals surface area contributed by atoms with E-state index >= 15 is 0 Å². The molecule has 2 rings (SSSR count). The standard InChI is InChI=1S/C16H16BrF2N/c1-2-9-20-16(12-5-3-4-6-14(12)17)13-10-11(18)7-8-15(13)19/h3-8,10,16,20H,2,9H2,1H3. The number of benzene rings is 2. The van der Waals surface area contributed by atoms with Gasteiger partial charge in [0.2, 0.25) is 0 Å². The zero-order chi connectivity index (χ0) is 14.5. The molecule has 20 heavy (non-hydrogen) atoms. The van der Waals surface area contributed by atoms with E-state index in [0.29, 0.717) is 5.56 Å². The molecule has 0 saturated heterocycles. The minimum Gasteiger partial charge on any atom is -0.306 e. The molecule has 2 aromatic carbocycles. The summed E-state index contributed by atoms with van der Waals surface area (Å²) in [5.41, 5.74) is 1.22. The number of hydrogen-bond acceptors (Lipinski definition) is 1. The van der Waals surface area contributed by atoms with Gasteiger partial charge in [-0.25, -0.2) is 8.78 Å². The Kier molecular flexibility index (Phi) is 5.26. The van der Waals surface area contributed by atoms with Gasteiger partial charge in [0.1, 0.15) is 11.6 Å². The van der Waals surface area contributed by atoms with Gasteiger partial charge in [0.05, 0.1) is 6.04 Å². The van der Waals surface area contributed by atoms with Gasteiger partial charge in [0.25, 0.3) is 0 Å². The second-order valence-corrected chi connectivity index (χ2v) is 5.43. The van der Waals surface area contributed by atoms with Gasteiger partial charge in [-0.2, -0.15) is 0 Å². The van der Waals surface area contributed by atoms with Crippen LogP contribution in [0.4, 0.5) is 8.78 Å². The molecular formula is C16H16BrF2N. The third-order valence-corrected chi connectivity index (χ3v) is 3.81. The normalized spacial score (nSPS) is 12.4. The quantitative estimate of drug-likeness (QED) is 0.823. The molecule has 2 aromatic rings. The van der Waals surface area contributed by atoms with Gasteiger partial charge in [-0.1, -0.05) is 41.1 Å². The van der Waals surface area contributed by atoms with Crippen molar-refractivity contribution in [2.24, 2.45) is 0 Å². The molecule has 0 aliphatic carbocycles. The Morgan fingerprint density at radius 2 is 1.85 bits per heavy atom. The minimum atomic E-state index is -0.434. The predicted octanol–water partition coefficient (Wildman–Crippen LogP) is 4.82. The first-order valence-electron chi connectivity index (χ1n) is 6.56. The van der Waals surface area contributed by atoms with Crippen LogP contribution in [0.2, 0.25) is 0 Å². The SMILES string of the molecule is CCCNC(c1cc(F)ccc1F)c1ccccc1Br. The van der Waals surface area contributed by atoms with Crippen molar-refractivity contribution in [2.75, 3.05) is 6.54 Å². The molecule has 1 atom stereocenters. The van der Waals surface area contributed by atoms with E-state index in [4.69, 9.17) is 0 Å². The van der Waals surface area contributed by atoms with Crippen LogP contribution in [0.1, 0.15) is 30.5 Å². The second kappa shape index (κ2) is 6.95. The first-order valence-corrected chi connectivity index (χ1v) is 7.35. The average molecular weight is 340 g/mol. The van der Waals surface area contributed by atoms with Crippen molar-refractivity contribution < 1.29 is 8.78 Å². The number of halogens is 3. The Labute approximate surface area is 126 Å². The van der Waals surface area contributed by atoms with Crippen LogP contribution in [0, 0.1) is 11.6 Å². The van der Waals surface area contributed by atoms with E-state index in [-0.39, 0.29) is 6.04 Å². The molecule has 0 aliphatic rings. The third kappa shape index (κ3) is 3.44. The summed E-state index contributed by atoms with van der Waals surface area (Å²) in [6, 6.07) is 10.8. The molecule has 0 fully saturated rings. The second-order valence-electron chi connectivity index (χ2n) is 4.57. The van der Waals surface area contributed by atoms with E-state index in [2.05, 4.69) is 21.2 Å². The summed E-state index contributed by atoms with van der Waals surface area (Å²) in [7, 11) is 0. The first-order chi connectivity index (χ1) is 9.63. The van der Waals surface area contributed by atoms with E-state index < -0.39 is 11.6 Å². The van der Waals surface area contributed by atoms with Crippen molar-refractivity contribution in [3.63, 3.8) is 0 Å². The van der Waals surface area contributed by atoms with Crippen LogP contribution in [-0.2, 0) is 0 Å². The zero-order valence-corrected chi connectivity index (χ0v) is 12.8. The fraction of sp³-hybridized carbons (Fsp3) is 0.250. The predicted molar refractivity (Wildman–Crippen MR) is 80.6 cm³/mol. The molecule has 0 aromatic heterocycles. The molecule has 1 nitrogen and oxygen atoms in total. The van der Waals surface area contributed by atoms with Gasteiger partial charge in [0, 0.05) is 10.0 Å². The highest BCUT2D eigenvalue weighted by Gasteiger charge is 2.19. The van der Waals surface area contributed by atoms with E-state index in [9.17, 15) is 8.78 Å². The summed E-state index contributed by atoms with van der Waals surface area (Å²) >= 11 is 3.47. The van der Waals surface area contributed by atoms with Crippen molar-refractivity contribution in [3.05, 3.63) is 69.7 Å². The van der Waals surface area contributed by atoms with Crippen molar-refractivity contribution >= 4 is 15.9 Å². The smallest absolute Gasteiger partial charge is 0.128 e. The highest BCUT2D eigenvalue weighted by Crippen LogP contribution is 2.30. The van der Waals surface area contributed by atoms with E-state index in [1.807, 2.05) is 31.2 Å². The lowest BCUT2D eigenvalue weighted by Crippen LogP contribution is -2.24. The maximum absolute atomic E-state index is 14.0.